The second kappa shape index (κ2) is 4.88. The summed E-state index contributed by atoms with van der Waals surface area (Å²) in [6, 6.07) is 5.44. The van der Waals surface area contributed by atoms with Crippen LogP contribution in [-0.2, 0) is 6.42 Å². The number of halogens is 3. The van der Waals surface area contributed by atoms with Gasteiger partial charge in [0, 0.05) is 0 Å². The molecule has 0 heterocycles. The third-order valence-corrected chi connectivity index (χ3v) is 2.40. The monoisotopic (exact) mass is 234 g/mol. The van der Waals surface area contributed by atoms with E-state index in [0.717, 1.165) is 12.0 Å². The van der Waals surface area contributed by atoms with Crippen molar-refractivity contribution in [2.24, 2.45) is 5.84 Å². The molecule has 0 aliphatic carbocycles. The smallest absolute Gasteiger partial charge is 0.271 e. The molecule has 0 radical (unpaired) electrons. The van der Waals surface area contributed by atoms with Crippen LogP contribution in [0.1, 0.15) is 24.1 Å². The van der Waals surface area contributed by atoms with Crippen LogP contribution in [-0.4, -0.2) is 5.38 Å². The summed E-state index contributed by atoms with van der Waals surface area (Å²) in [6.45, 7) is 1.95. The fourth-order valence-corrected chi connectivity index (χ4v) is 1.56. The zero-order valence-electron chi connectivity index (χ0n) is 8.31. The minimum Gasteiger partial charge on any atom is -0.271 e. The molecule has 1 unspecified atom stereocenters. The normalized spacial score (nSPS) is 13.9. The maximum absolute atomic E-state index is 12.9. The maximum atomic E-state index is 12.9. The number of benzene rings is 1. The van der Waals surface area contributed by atoms with E-state index in [4.69, 9.17) is 17.4 Å². The molecule has 0 fully saturated rings. The van der Waals surface area contributed by atoms with Gasteiger partial charge in [0.1, 0.15) is 6.04 Å². The second-order valence-corrected chi connectivity index (χ2v) is 3.74. The lowest BCUT2D eigenvalue weighted by atomic mass is 10.0. The molecule has 15 heavy (non-hydrogen) atoms. The van der Waals surface area contributed by atoms with Crippen molar-refractivity contribution in [3.05, 3.63) is 35.4 Å². The third-order valence-electron chi connectivity index (χ3n) is 2.19. The lowest BCUT2D eigenvalue weighted by Gasteiger charge is -2.21. The summed E-state index contributed by atoms with van der Waals surface area (Å²) < 4.78 is 25.9. The highest BCUT2D eigenvalue weighted by Crippen LogP contribution is 2.34. The molecule has 1 aromatic rings. The average Bonchev–Trinajstić information content (AvgIpc) is 2.17. The van der Waals surface area contributed by atoms with E-state index in [-0.39, 0.29) is 0 Å². The Balaban J connectivity index is 3.02. The van der Waals surface area contributed by atoms with Crippen LogP contribution in [0.5, 0.6) is 0 Å². The van der Waals surface area contributed by atoms with E-state index in [0.29, 0.717) is 5.56 Å². The first-order chi connectivity index (χ1) is 6.99. The lowest BCUT2D eigenvalue weighted by molar-refractivity contribution is 0.0497. The van der Waals surface area contributed by atoms with Crippen LogP contribution in [0.15, 0.2) is 24.3 Å². The molecule has 84 valence electrons. The lowest BCUT2D eigenvalue weighted by Crippen LogP contribution is -2.37. The van der Waals surface area contributed by atoms with E-state index in [2.05, 4.69) is 0 Å². The fourth-order valence-electron chi connectivity index (χ4n) is 1.37. The van der Waals surface area contributed by atoms with Crippen molar-refractivity contribution >= 4 is 11.6 Å². The Labute approximate surface area is 92.4 Å². The van der Waals surface area contributed by atoms with Gasteiger partial charge in [-0.15, -0.1) is 0 Å². The molecule has 0 spiro atoms. The molecule has 0 amide bonds. The van der Waals surface area contributed by atoms with E-state index in [1.54, 1.807) is 18.2 Å². The number of hydrogen-bond donors (Lipinski definition) is 2. The van der Waals surface area contributed by atoms with Gasteiger partial charge in [-0.3, -0.25) is 5.84 Å². The van der Waals surface area contributed by atoms with Gasteiger partial charge < -0.3 is 0 Å². The number of nitrogens with two attached hydrogens (primary N) is 1. The number of hydrogen-bond acceptors (Lipinski definition) is 2. The zero-order valence-corrected chi connectivity index (χ0v) is 9.06. The summed E-state index contributed by atoms with van der Waals surface area (Å²) in [7, 11) is 0. The summed E-state index contributed by atoms with van der Waals surface area (Å²) in [5.41, 5.74) is 3.38. The van der Waals surface area contributed by atoms with Crippen LogP contribution in [0.2, 0.25) is 0 Å². The molecule has 1 aromatic carbocycles. The SMILES string of the molecule is CCc1cccc(C(NN)C(F)(F)Cl)c1. The van der Waals surface area contributed by atoms with Gasteiger partial charge in [0.15, 0.2) is 0 Å². The van der Waals surface area contributed by atoms with Crippen molar-refractivity contribution in [1.82, 2.24) is 5.43 Å². The Morgan fingerprint density at radius 3 is 2.67 bits per heavy atom. The number of aryl methyl sites for hydroxylation is 1. The summed E-state index contributed by atoms with van der Waals surface area (Å²) >= 11 is 4.95. The first kappa shape index (κ1) is 12.4. The minimum absolute atomic E-state index is 0.386. The van der Waals surface area contributed by atoms with Crippen molar-refractivity contribution in [1.29, 1.82) is 0 Å². The van der Waals surface area contributed by atoms with Crippen LogP contribution in [0, 0.1) is 0 Å². The van der Waals surface area contributed by atoms with E-state index in [9.17, 15) is 8.78 Å². The molecule has 1 rings (SSSR count). The van der Waals surface area contributed by atoms with Crippen LogP contribution >= 0.6 is 11.6 Å². The summed E-state index contributed by atoms with van der Waals surface area (Å²) in [5, 5.41) is -3.40. The van der Waals surface area contributed by atoms with Crippen molar-refractivity contribution in [3.8, 4) is 0 Å². The van der Waals surface area contributed by atoms with Gasteiger partial charge in [0.05, 0.1) is 0 Å². The molecule has 2 nitrogen and oxygen atoms in total. The van der Waals surface area contributed by atoms with E-state index >= 15 is 0 Å². The highest BCUT2D eigenvalue weighted by atomic mass is 35.5. The Morgan fingerprint density at radius 1 is 1.53 bits per heavy atom. The number of rotatable bonds is 4. The van der Waals surface area contributed by atoms with Crippen LogP contribution in [0.4, 0.5) is 8.78 Å². The molecule has 3 N–H and O–H groups in total. The van der Waals surface area contributed by atoms with Gasteiger partial charge >= 0.3 is 5.38 Å². The summed E-state index contributed by atoms with van der Waals surface area (Å²) in [5.74, 6) is 5.07. The van der Waals surface area contributed by atoms with Gasteiger partial charge in [-0.2, -0.15) is 8.78 Å². The Bertz CT molecular complexity index is 325. The van der Waals surface area contributed by atoms with Crippen LogP contribution < -0.4 is 11.3 Å². The van der Waals surface area contributed by atoms with Crippen molar-refractivity contribution in [2.75, 3.05) is 0 Å². The standard InChI is InChI=1S/C10H13ClF2N2/c1-2-7-4-3-5-8(6-7)9(15-14)10(11,12)13/h3-6,9,15H,2,14H2,1H3. The largest absolute Gasteiger partial charge is 0.342 e. The topological polar surface area (TPSA) is 38.0 Å². The molecular formula is C10H13ClF2N2. The highest BCUT2D eigenvalue weighted by Gasteiger charge is 2.37. The van der Waals surface area contributed by atoms with Gasteiger partial charge in [0.2, 0.25) is 0 Å². The van der Waals surface area contributed by atoms with Gasteiger partial charge in [0.25, 0.3) is 0 Å². The fraction of sp³-hybridized carbons (Fsp3) is 0.400. The summed E-state index contributed by atoms with van der Waals surface area (Å²) in [6.07, 6.45) is 0.777. The molecule has 0 aromatic heterocycles. The summed E-state index contributed by atoms with van der Waals surface area (Å²) in [4.78, 5) is 0. The predicted octanol–water partition coefficient (Wildman–Crippen LogP) is 2.58. The third kappa shape index (κ3) is 3.12. The maximum Gasteiger partial charge on any atom is 0.342 e. The van der Waals surface area contributed by atoms with Gasteiger partial charge in [-0.25, -0.2) is 5.43 Å². The molecule has 0 bridgehead atoms. The van der Waals surface area contributed by atoms with E-state index in [1.165, 1.54) is 0 Å². The van der Waals surface area contributed by atoms with E-state index < -0.39 is 11.4 Å². The molecule has 0 saturated heterocycles. The quantitative estimate of drug-likeness (QED) is 0.477. The van der Waals surface area contributed by atoms with E-state index in [1.807, 2.05) is 18.4 Å². The molecule has 5 heteroatoms. The first-order valence-corrected chi connectivity index (χ1v) is 4.98. The Hall–Kier alpha value is -0.710. The van der Waals surface area contributed by atoms with Crippen LogP contribution in [0.25, 0.3) is 0 Å². The number of hydrazine groups is 1. The van der Waals surface area contributed by atoms with Crippen LogP contribution in [0.3, 0.4) is 0 Å². The molecule has 0 saturated carbocycles. The van der Waals surface area contributed by atoms with Gasteiger partial charge in [-0.1, -0.05) is 31.2 Å². The predicted molar refractivity (Wildman–Crippen MR) is 56.7 cm³/mol. The first-order valence-electron chi connectivity index (χ1n) is 4.60. The Morgan fingerprint density at radius 2 is 2.20 bits per heavy atom. The molecular weight excluding hydrogens is 222 g/mol. The minimum atomic E-state index is -3.40. The molecule has 0 aliphatic heterocycles. The zero-order chi connectivity index (χ0) is 11.5. The van der Waals surface area contributed by atoms with Crippen molar-refractivity contribution < 1.29 is 8.78 Å². The second-order valence-electron chi connectivity index (χ2n) is 3.24. The number of alkyl halides is 3. The highest BCUT2D eigenvalue weighted by molar-refractivity contribution is 6.22. The average molecular weight is 235 g/mol. The molecule has 1 atom stereocenters. The molecule has 0 aliphatic rings. The van der Waals surface area contributed by atoms with Crippen molar-refractivity contribution in [2.45, 2.75) is 24.8 Å². The van der Waals surface area contributed by atoms with Crippen molar-refractivity contribution in [3.63, 3.8) is 0 Å². The van der Waals surface area contributed by atoms with Gasteiger partial charge in [-0.05, 0) is 29.1 Å². The Kier molecular flexibility index (Phi) is 4.02. The number of nitrogens with one attached hydrogen (secondary N) is 1.